The van der Waals surface area contributed by atoms with Gasteiger partial charge >= 0.3 is 4.61 Å². The Bertz CT molecular complexity index is 314. The van der Waals surface area contributed by atoms with Gasteiger partial charge in [0, 0.05) is 56.1 Å². The monoisotopic (exact) mass is 307 g/mol. The highest BCUT2D eigenvalue weighted by molar-refractivity contribution is 9.11. The van der Waals surface area contributed by atoms with Crippen LogP contribution in [0, 0.1) is 16.0 Å². The fourth-order valence-corrected chi connectivity index (χ4v) is 2.62. The van der Waals surface area contributed by atoms with Gasteiger partial charge in [-0.25, -0.2) is 0 Å². The maximum Gasteiger partial charge on any atom is 0.350 e. The molecule has 98 valence electrons. The molecule has 1 saturated heterocycles. The van der Waals surface area contributed by atoms with Crippen LogP contribution in [0.4, 0.5) is 0 Å². The quantitative estimate of drug-likeness (QED) is 0.435. The fourth-order valence-electron chi connectivity index (χ4n) is 1.97. The summed E-state index contributed by atoms with van der Waals surface area (Å²) < 4.78 is 5.29. The molecule has 0 aromatic heterocycles. The van der Waals surface area contributed by atoms with Crippen molar-refractivity contribution in [2.45, 2.75) is 6.42 Å². The Morgan fingerprint density at radius 3 is 2.59 bits per heavy atom. The number of hydrogen-bond acceptors (Lipinski definition) is 5. The third-order valence-corrected chi connectivity index (χ3v) is 3.33. The van der Waals surface area contributed by atoms with Crippen molar-refractivity contribution in [3.63, 3.8) is 0 Å². The highest BCUT2D eigenvalue weighted by atomic mass is 79.9. The van der Waals surface area contributed by atoms with Gasteiger partial charge in [0.15, 0.2) is 5.82 Å². The molecule has 0 radical (unpaired) electrons. The lowest BCUT2D eigenvalue weighted by Crippen LogP contribution is -2.33. The molecule has 0 aliphatic carbocycles. The van der Waals surface area contributed by atoms with E-state index in [1.54, 1.807) is 19.0 Å². The summed E-state index contributed by atoms with van der Waals surface area (Å²) in [6.07, 6.45) is 1.02. The molecule has 1 aliphatic rings. The zero-order valence-corrected chi connectivity index (χ0v) is 11.9. The van der Waals surface area contributed by atoms with Gasteiger partial charge in [0.05, 0.1) is 11.5 Å². The summed E-state index contributed by atoms with van der Waals surface area (Å²) in [7, 11) is 5.45. The van der Waals surface area contributed by atoms with Crippen LogP contribution < -0.4 is 0 Å². The molecule has 0 aromatic rings. The van der Waals surface area contributed by atoms with Gasteiger partial charge in [-0.15, -0.1) is 0 Å². The van der Waals surface area contributed by atoms with E-state index in [0.29, 0.717) is 11.7 Å². The molecule has 1 heterocycles. The van der Waals surface area contributed by atoms with Gasteiger partial charge in [-0.05, 0) is 6.42 Å². The van der Waals surface area contributed by atoms with Crippen molar-refractivity contribution < 1.29 is 9.66 Å². The second-order valence-electron chi connectivity index (χ2n) is 4.38. The first-order chi connectivity index (χ1) is 7.93. The summed E-state index contributed by atoms with van der Waals surface area (Å²) >= 11 is 3.03. The van der Waals surface area contributed by atoms with Crippen molar-refractivity contribution in [1.29, 1.82) is 0 Å². The molecule has 17 heavy (non-hydrogen) atoms. The second kappa shape index (κ2) is 6.20. The summed E-state index contributed by atoms with van der Waals surface area (Å²) in [4.78, 5) is 14.0. The van der Waals surface area contributed by atoms with Gasteiger partial charge in [0.25, 0.3) is 0 Å². The van der Waals surface area contributed by atoms with Crippen molar-refractivity contribution in [3.05, 3.63) is 20.5 Å². The van der Waals surface area contributed by atoms with E-state index in [-0.39, 0.29) is 4.61 Å². The van der Waals surface area contributed by atoms with E-state index in [1.807, 2.05) is 11.9 Å². The maximum atomic E-state index is 10.8. The van der Waals surface area contributed by atoms with Crippen molar-refractivity contribution in [2.24, 2.45) is 5.92 Å². The highest BCUT2D eigenvalue weighted by Gasteiger charge is 2.24. The molecular formula is C10H18BrN3O3. The molecule has 7 heteroatoms. The van der Waals surface area contributed by atoms with Crippen LogP contribution >= 0.6 is 15.9 Å². The largest absolute Gasteiger partial charge is 0.381 e. The van der Waals surface area contributed by atoms with E-state index in [1.165, 1.54) is 0 Å². The first-order valence-electron chi connectivity index (χ1n) is 5.43. The molecule has 0 bridgehead atoms. The summed E-state index contributed by atoms with van der Waals surface area (Å²) in [6, 6.07) is 0. The van der Waals surface area contributed by atoms with Crippen molar-refractivity contribution >= 4 is 15.9 Å². The number of ether oxygens (including phenoxy) is 1. The van der Waals surface area contributed by atoms with Gasteiger partial charge in [0.2, 0.25) is 0 Å². The topological polar surface area (TPSA) is 58.8 Å². The minimum absolute atomic E-state index is 0.0103. The van der Waals surface area contributed by atoms with Gasteiger partial charge in [-0.2, -0.15) is 0 Å². The van der Waals surface area contributed by atoms with E-state index in [9.17, 15) is 10.1 Å². The molecule has 1 unspecified atom stereocenters. The fraction of sp³-hybridized carbons (Fsp3) is 0.800. The minimum Gasteiger partial charge on any atom is -0.381 e. The number of rotatable bonds is 5. The molecule has 6 nitrogen and oxygen atoms in total. The molecule has 1 atom stereocenters. The Balaban J connectivity index is 2.76. The van der Waals surface area contributed by atoms with Crippen LogP contribution in [0.15, 0.2) is 10.4 Å². The minimum atomic E-state index is -0.420. The van der Waals surface area contributed by atoms with Crippen LogP contribution in [-0.2, 0) is 4.74 Å². The predicted octanol–water partition coefficient (Wildman–Crippen LogP) is 1.31. The zero-order chi connectivity index (χ0) is 13.0. The first kappa shape index (κ1) is 14.2. The Labute approximate surface area is 109 Å². The molecule has 1 rings (SSSR count). The Morgan fingerprint density at radius 1 is 1.53 bits per heavy atom. The summed E-state index contributed by atoms with van der Waals surface area (Å²) in [6.45, 7) is 2.29. The lowest BCUT2D eigenvalue weighted by atomic mass is 10.1. The molecule has 0 amide bonds. The standard InChI is InChI=1S/C10H18BrN3O3/c1-12(2)10(9(11)14(15)16)13(3)6-8-4-5-17-7-8/h8H,4-7H2,1-3H3. The van der Waals surface area contributed by atoms with Crippen LogP contribution in [-0.4, -0.2) is 55.6 Å². The van der Waals surface area contributed by atoms with E-state index >= 15 is 0 Å². The second-order valence-corrected chi connectivity index (χ2v) is 5.13. The molecule has 0 N–H and O–H groups in total. The SMILES string of the molecule is CN(C)C(=C(Br)[N+](=O)[O-])N(C)CC1CCOC1. The van der Waals surface area contributed by atoms with E-state index in [4.69, 9.17) is 4.74 Å². The van der Waals surface area contributed by atoms with Crippen molar-refractivity contribution in [3.8, 4) is 0 Å². The number of hydrogen-bond donors (Lipinski definition) is 0. The van der Waals surface area contributed by atoms with Crippen LogP contribution in [0.1, 0.15) is 6.42 Å². The summed E-state index contributed by atoms with van der Waals surface area (Å²) in [5, 5.41) is 10.8. The number of nitrogens with zero attached hydrogens (tertiary/aromatic N) is 3. The number of halogens is 1. The normalized spacial score (nSPS) is 21.1. The molecule has 0 saturated carbocycles. The average molecular weight is 308 g/mol. The van der Waals surface area contributed by atoms with Gasteiger partial charge in [-0.1, -0.05) is 0 Å². The Morgan fingerprint density at radius 2 is 2.18 bits per heavy atom. The highest BCUT2D eigenvalue weighted by Crippen LogP contribution is 2.21. The summed E-state index contributed by atoms with van der Waals surface area (Å²) in [5.74, 6) is 1.02. The van der Waals surface area contributed by atoms with E-state index in [0.717, 1.165) is 26.2 Å². The van der Waals surface area contributed by atoms with Crippen LogP contribution in [0.5, 0.6) is 0 Å². The third-order valence-electron chi connectivity index (χ3n) is 2.69. The zero-order valence-electron chi connectivity index (χ0n) is 10.4. The number of nitro groups is 1. The molecule has 1 aliphatic heterocycles. The predicted molar refractivity (Wildman–Crippen MR) is 68.2 cm³/mol. The lowest BCUT2D eigenvalue weighted by molar-refractivity contribution is -0.412. The Hall–Kier alpha value is -0.820. The third kappa shape index (κ3) is 3.85. The van der Waals surface area contributed by atoms with Crippen LogP contribution in [0.2, 0.25) is 0 Å². The molecule has 1 fully saturated rings. The van der Waals surface area contributed by atoms with E-state index < -0.39 is 4.92 Å². The first-order valence-corrected chi connectivity index (χ1v) is 6.23. The van der Waals surface area contributed by atoms with Gasteiger partial charge in [-0.3, -0.25) is 10.1 Å². The van der Waals surface area contributed by atoms with Crippen LogP contribution in [0.25, 0.3) is 0 Å². The van der Waals surface area contributed by atoms with E-state index in [2.05, 4.69) is 15.9 Å². The summed E-state index contributed by atoms with van der Waals surface area (Å²) in [5.41, 5.74) is 0. The smallest absolute Gasteiger partial charge is 0.350 e. The van der Waals surface area contributed by atoms with Crippen LogP contribution in [0.3, 0.4) is 0 Å². The molecule has 0 aromatic carbocycles. The average Bonchev–Trinajstić information content (AvgIpc) is 2.69. The molecule has 0 spiro atoms. The van der Waals surface area contributed by atoms with Gasteiger partial charge < -0.3 is 14.5 Å². The maximum absolute atomic E-state index is 10.8. The van der Waals surface area contributed by atoms with Gasteiger partial charge in [0.1, 0.15) is 0 Å². The molecular weight excluding hydrogens is 290 g/mol. The van der Waals surface area contributed by atoms with Crippen molar-refractivity contribution in [1.82, 2.24) is 9.80 Å². The van der Waals surface area contributed by atoms with Crippen molar-refractivity contribution in [2.75, 3.05) is 40.9 Å². The lowest BCUT2D eigenvalue weighted by Gasteiger charge is -2.28. The Kier molecular flexibility index (Phi) is 5.20.